The summed E-state index contributed by atoms with van der Waals surface area (Å²) in [5.41, 5.74) is 2.96. The van der Waals surface area contributed by atoms with E-state index in [1.54, 1.807) is 0 Å². The third kappa shape index (κ3) is 2.39. The largest absolute Gasteiger partial charge is 0.454 e. The molecule has 2 heterocycles. The molecule has 0 spiro atoms. The Morgan fingerprint density at radius 2 is 2.16 bits per heavy atom. The van der Waals surface area contributed by atoms with Gasteiger partial charge in [0.05, 0.1) is 6.20 Å². The van der Waals surface area contributed by atoms with E-state index in [0.717, 1.165) is 34.5 Å². The molecular formula is C15H17N3O. The first-order valence-corrected chi connectivity index (χ1v) is 6.48. The Morgan fingerprint density at radius 3 is 2.95 bits per heavy atom. The fraction of sp³-hybridized carbons (Fsp3) is 0.267. The summed E-state index contributed by atoms with van der Waals surface area (Å²) >= 11 is 0. The summed E-state index contributed by atoms with van der Waals surface area (Å²) in [6.45, 7) is 5.03. The molecular weight excluding hydrogens is 238 g/mol. The first kappa shape index (κ1) is 12.0. The van der Waals surface area contributed by atoms with Crippen LogP contribution < -0.4 is 5.32 Å². The van der Waals surface area contributed by atoms with Crippen LogP contribution in [0.15, 0.2) is 40.9 Å². The molecule has 0 radical (unpaired) electrons. The number of furan rings is 1. The van der Waals surface area contributed by atoms with Gasteiger partial charge in [0.25, 0.3) is 0 Å². The van der Waals surface area contributed by atoms with Crippen LogP contribution in [0.5, 0.6) is 0 Å². The van der Waals surface area contributed by atoms with Crippen LogP contribution >= 0.6 is 0 Å². The quantitative estimate of drug-likeness (QED) is 0.752. The predicted molar refractivity (Wildman–Crippen MR) is 75.8 cm³/mol. The summed E-state index contributed by atoms with van der Waals surface area (Å²) < 4.78 is 5.86. The minimum Gasteiger partial charge on any atom is -0.454 e. The van der Waals surface area contributed by atoms with E-state index < -0.39 is 0 Å². The molecule has 1 aromatic carbocycles. The molecule has 0 bridgehead atoms. The number of benzene rings is 1. The second kappa shape index (κ2) is 4.90. The smallest absolute Gasteiger partial charge is 0.153 e. The SMILES string of the molecule is CC(C)NCc1cn[nH]c1-c1cc2ccccc2o1. The molecule has 0 aliphatic heterocycles. The summed E-state index contributed by atoms with van der Waals surface area (Å²) in [7, 11) is 0. The highest BCUT2D eigenvalue weighted by molar-refractivity contribution is 5.82. The number of H-pyrrole nitrogens is 1. The lowest BCUT2D eigenvalue weighted by Gasteiger charge is -2.06. The lowest BCUT2D eigenvalue weighted by atomic mass is 10.2. The minimum absolute atomic E-state index is 0.443. The van der Waals surface area contributed by atoms with Crippen molar-refractivity contribution in [2.75, 3.05) is 0 Å². The molecule has 0 aliphatic carbocycles. The Bertz CT molecular complexity index is 648. The van der Waals surface area contributed by atoms with E-state index in [9.17, 15) is 0 Å². The van der Waals surface area contributed by atoms with Crippen molar-refractivity contribution in [2.24, 2.45) is 0 Å². The maximum absolute atomic E-state index is 5.86. The Kier molecular flexibility index (Phi) is 3.09. The van der Waals surface area contributed by atoms with Crippen molar-refractivity contribution in [1.29, 1.82) is 0 Å². The number of rotatable bonds is 4. The fourth-order valence-electron chi connectivity index (χ4n) is 2.08. The number of aromatic amines is 1. The highest BCUT2D eigenvalue weighted by atomic mass is 16.3. The Hall–Kier alpha value is -2.07. The number of hydrogen-bond donors (Lipinski definition) is 2. The number of hydrogen-bond acceptors (Lipinski definition) is 3. The maximum Gasteiger partial charge on any atom is 0.153 e. The van der Waals surface area contributed by atoms with Crippen LogP contribution in [0.4, 0.5) is 0 Å². The van der Waals surface area contributed by atoms with Crippen LogP contribution in [0.1, 0.15) is 19.4 Å². The highest BCUT2D eigenvalue weighted by Gasteiger charge is 2.12. The van der Waals surface area contributed by atoms with Gasteiger partial charge in [-0.1, -0.05) is 32.0 Å². The van der Waals surface area contributed by atoms with Crippen LogP contribution in [0.2, 0.25) is 0 Å². The number of fused-ring (bicyclic) bond motifs is 1. The molecule has 0 unspecified atom stereocenters. The van der Waals surface area contributed by atoms with Gasteiger partial charge >= 0.3 is 0 Å². The molecule has 0 fully saturated rings. The highest BCUT2D eigenvalue weighted by Crippen LogP contribution is 2.28. The van der Waals surface area contributed by atoms with Gasteiger partial charge in [-0.2, -0.15) is 5.10 Å². The molecule has 3 rings (SSSR count). The summed E-state index contributed by atoms with van der Waals surface area (Å²) in [6.07, 6.45) is 1.85. The normalized spacial score (nSPS) is 11.5. The van der Waals surface area contributed by atoms with Gasteiger partial charge in [0.1, 0.15) is 11.3 Å². The maximum atomic E-state index is 5.86. The Morgan fingerprint density at radius 1 is 1.32 bits per heavy atom. The Balaban J connectivity index is 1.95. The Labute approximate surface area is 111 Å². The van der Waals surface area contributed by atoms with Crippen LogP contribution in [0.25, 0.3) is 22.4 Å². The van der Waals surface area contributed by atoms with Gasteiger partial charge < -0.3 is 9.73 Å². The van der Waals surface area contributed by atoms with E-state index in [1.807, 2.05) is 36.5 Å². The number of nitrogens with one attached hydrogen (secondary N) is 2. The van der Waals surface area contributed by atoms with Gasteiger partial charge in [0.2, 0.25) is 0 Å². The molecule has 0 aliphatic rings. The molecule has 0 amide bonds. The van der Waals surface area contributed by atoms with Crippen molar-refractivity contribution in [2.45, 2.75) is 26.4 Å². The number of nitrogens with zero attached hydrogens (tertiary/aromatic N) is 1. The van der Waals surface area contributed by atoms with Crippen molar-refractivity contribution in [1.82, 2.24) is 15.5 Å². The van der Waals surface area contributed by atoms with Crippen molar-refractivity contribution >= 4 is 11.0 Å². The zero-order valence-electron chi connectivity index (χ0n) is 11.1. The molecule has 3 aromatic rings. The topological polar surface area (TPSA) is 53.9 Å². The second-order valence-electron chi connectivity index (χ2n) is 4.95. The van der Waals surface area contributed by atoms with E-state index in [1.165, 1.54) is 0 Å². The zero-order valence-corrected chi connectivity index (χ0v) is 11.1. The van der Waals surface area contributed by atoms with Crippen molar-refractivity contribution in [3.05, 3.63) is 42.1 Å². The first-order valence-electron chi connectivity index (χ1n) is 6.48. The van der Waals surface area contributed by atoms with Crippen molar-refractivity contribution in [3.8, 4) is 11.5 Å². The van der Waals surface area contributed by atoms with Gasteiger partial charge in [-0.3, -0.25) is 5.10 Å². The van der Waals surface area contributed by atoms with Crippen LogP contribution in [-0.4, -0.2) is 16.2 Å². The minimum atomic E-state index is 0.443. The van der Waals surface area contributed by atoms with E-state index in [4.69, 9.17) is 4.42 Å². The van der Waals surface area contributed by atoms with Gasteiger partial charge in [-0.15, -0.1) is 0 Å². The van der Waals surface area contributed by atoms with Gasteiger partial charge in [-0.25, -0.2) is 0 Å². The molecule has 0 saturated heterocycles. The zero-order chi connectivity index (χ0) is 13.2. The van der Waals surface area contributed by atoms with E-state index >= 15 is 0 Å². The number of aromatic nitrogens is 2. The third-order valence-corrected chi connectivity index (χ3v) is 3.09. The van der Waals surface area contributed by atoms with Crippen LogP contribution in [-0.2, 0) is 6.54 Å². The second-order valence-corrected chi connectivity index (χ2v) is 4.95. The molecule has 4 heteroatoms. The van der Waals surface area contributed by atoms with Crippen molar-refractivity contribution in [3.63, 3.8) is 0 Å². The fourth-order valence-corrected chi connectivity index (χ4v) is 2.08. The first-order chi connectivity index (χ1) is 9.24. The van der Waals surface area contributed by atoms with Crippen LogP contribution in [0.3, 0.4) is 0 Å². The van der Waals surface area contributed by atoms with Gasteiger partial charge in [0.15, 0.2) is 5.76 Å². The predicted octanol–water partition coefficient (Wildman–Crippen LogP) is 3.32. The van der Waals surface area contributed by atoms with Gasteiger partial charge in [0, 0.05) is 23.5 Å². The molecule has 98 valence electrons. The third-order valence-electron chi connectivity index (χ3n) is 3.09. The van der Waals surface area contributed by atoms with Gasteiger partial charge in [-0.05, 0) is 12.1 Å². The van der Waals surface area contributed by atoms with E-state index in [-0.39, 0.29) is 0 Å². The molecule has 2 N–H and O–H groups in total. The van der Waals surface area contributed by atoms with E-state index in [0.29, 0.717) is 6.04 Å². The lowest BCUT2D eigenvalue weighted by molar-refractivity contribution is 0.586. The average molecular weight is 255 g/mol. The average Bonchev–Trinajstić information content (AvgIpc) is 3.02. The molecule has 19 heavy (non-hydrogen) atoms. The summed E-state index contributed by atoms with van der Waals surface area (Å²) in [6, 6.07) is 10.5. The molecule has 2 aromatic heterocycles. The number of para-hydroxylation sites is 1. The standard InChI is InChI=1S/C15H17N3O/c1-10(2)16-8-12-9-17-18-15(12)14-7-11-5-3-4-6-13(11)19-14/h3-7,9-10,16H,8H2,1-2H3,(H,17,18). The van der Waals surface area contributed by atoms with E-state index in [2.05, 4.69) is 29.4 Å². The summed E-state index contributed by atoms with van der Waals surface area (Å²) in [5, 5.41) is 11.6. The lowest BCUT2D eigenvalue weighted by Crippen LogP contribution is -2.21. The van der Waals surface area contributed by atoms with Crippen molar-refractivity contribution < 1.29 is 4.42 Å². The van der Waals surface area contributed by atoms with Crippen LogP contribution in [0, 0.1) is 0 Å². The molecule has 0 saturated carbocycles. The molecule has 4 nitrogen and oxygen atoms in total. The molecule has 0 atom stereocenters. The summed E-state index contributed by atoms with van der Waals surface area (Å²) in [4.78, 5) is 0. The summed E-state index contributed by atoms with van der Waals surface area (Å²) in [5.74, 6) is 0.833. The monoisotopic (exact) mass is 255 g/mol.